The molecule has 3 fully saturated rings. The summed E-state index contributed by atoms with van der Waals surface area (Å²) in [7, 11) is 0. The van der Waals surface area contributed by atoms with Gasteiger partial charge in [-0.2, -0.15) is 0 Å². The first-order chi connectivity index (χ1) is 20.9. The van der Waals surface area contributed by atoms with Crippen molar-refractivity contribution in [1.82, 2.24) is 0 Å². The first-order valence-electron chi connectivity index (χ1n) is 14.4. The van der Waals surface area contributed by atoms with Crippen LogP contribution in [-0.2, 0) is 19.2 Å². The van der Waals surface area contributed by atoms with E-state index in [2.05, 4.69) is 15.9 Å². The molecule has 3 aromatic rings. The number of carbonyl (C=O) groups excluding carboxylic acids is 4. The molecular formula is C34H27BrClFN2O5. The number of anilines is 2. The van der Waals surface area contributed by atoms with E-state index in [0.717, 1.165) is 26.6 Å². The van der Waals surface area contributed by atoms with Crippen LogP contribution in [0.4, 0.5) is 15.8 Å². The van der Waals surface area contributed by atoms with Gasteiger partial charge in [-0.3, -0.25) is 24.1 Å². The summed E-state index contributed by atoms with van der Waals surface area (Å²) in [6.45, 7) is 3.53. The lowest BCUT2D eigenvalue weighted by molar-refractivity contribution is -0.131. The van der Waals surface area contributed by atoms with Gasteiger partial charge in [0.15, 0.2) is 0 Å². The number of amides is 4. The van der Waals surface area contributed by atoms with Gasteiger partial charge >= 0.3 is 0 Å². The van der Waals surface area contributed by atoms with Crippen LogP contribution in [0.15, 0.2) is 76.8 Å². The van der Waals surface area contributed by atoms with E-state index >= 15 is 0 Å². The summed E-state index contributed by atoms with van der Waals surface area (Å²) in [4.78, 5) is 58.8. The Balaban J connectivity index is 1.37. The van der Waals surface area contributed by atoms with Crippen LogP contribution >= 0.6 is 27.5 Å². The van der Waals surface area contributed by atoms with Crippen LogP contribution in [0.5, 0.6) is 5.75 Å². The summed E-state index contributed by atoms with van der Waals surface area (Å²) in [5, 5.41) is 10.1. The molecule has 10 heteroatoms. The van der Waals surface area contributed by atoms with Crippen LogP contribution in [0, 0.1) is 41.8 Å². The Labute approximate surface area is 266 Å². The number of hydrogen-bond donors (Lipinski definition) is 1. The van der Waals surface area contributed by atoms with Gasteiger partial charge in [-0.15, -0.1) is 0 Å². The Morgan fingerprint density at radius 3 is 2.30 bits per heavy atom. The number of allylic oxidation sites excluding steroid dienone is 2. The minimum Gasteiger partial charge on any atom is -0.508 e. The molecule has 1 N–H and O–H groups in total. The minimum atomic E-state index is -1.26. The van der Waals surface area contributed by atoms with E-state index in [9.17, 15) is 28.7 Å². The molecule has 4 aliphatic rings. The zero-order valence-electron chi connectivity index (χ0n) is 23.8. The predicted molar refractivity (Wildman–Crippen MR) is 166 cm³/mol. The van der Waals surface area contributed by atoms with Crippen molar-refractivity contribution in [1.29, 1.82) is 0 Å². The van der Waals surface area contributed by atoms with Gasteiger partial charge < -0.3 is 5.11 Å². The number of aromatic hydroxyl groups is 1. The fraction of sp³-hybridized carbons (Fsp3) is 0.294. The lowest BCUT2D eigenvalue weighted by Crippen LogP contribution is -2.48. The Kier molecular flexibility index (Phi) is 6.64. The average Bonchev–Trinajstić information content (AvgIpc) is 3.36. The molecule has 0 aromatic heterocycles. The van der Waals surface area contributed by atoms with Crippen molar-refractivity contribution < 1.29 is 28.7 Å². The molecule has 6 atom stereocenters. The molecule has 2 aliphatic carbocycles. The van der Waals surface area contributed by atoms with Crippen LogP contribution < -0.4 is 9.80 Å². The molecule has 2 aliphatic heterocycles. The smallest absolute Gasteiger partial charge is 0.241 e. The highest BCUT2D eigenvalue weighted by molar-refractivity contribution is 9.10. The first-order valence-corrected chi connectivity index (χ1v) is 15.6. The molecule has 4 amide bonds. The molecule has 7 nitrogen and oxygen atoms in total. The minimum absolute atomic E-state index is 0.0959. The number of fused-ring (bicyclic) bond motifs is 4. The highest BCUT2D eigenvalue weighted by Crippen LogP contribution is 2.64. The number of carbonyl (C=O) groups is 4. The molecule has 2 heterocycles. The quantitative estimate of drug-likeness (QED) is 0.246. The molecule has 0 unspecified atom stereocenters. The van der Waals surface area contributed by atoms with Crippen LogP contribution in [0.1, 0.15) is 36.8 Å². The maximum absolute atomic E-state index is 14.4. The third-order valence-corrected chi connectivity index (χ3v) is 10.9. The van der Waals surface area contributed by atoms with E-state index in [4.69, 9.17) is 11.6 Å². The number of imide groups is 2. The average molecular weight is 678 g/mol. The third kappa shape index (κ3) is 3.98. The number of benzene rings is 3. The van der Waals surface area contributed by atoms with Crippen molar-refractivity contribution in [3.63, 3.8) is 0 Å². The van der Waals surface area contributed by atoms with Gasteiger partial charge in [0.05, 0.1) is 39.6 Å². The molecule has 44 heavy (non-hydrogen) atoms. The SMILES string of the molecule is Cc1cc([C@H]2C3=CC[C@@H]4C(=O)N(c5ccc(Br)cc5)C(=O)[C@@H]4[C@@H]3C[C@H]3C(=O)N(c4ccc(F)c(Cl)c4)C(=O)[C@@]23C)ccc1O. The summed E-state index contributed by atoms with van der Waals surface area (Å²) in [5.74, 6) is -5.29. The van der Waals surface area contributed by atoms with Gasteiger partial charge in [0.2, 0.25) is 23.6 Å². The molecular weight excluding hydrogens is 651 g/mol. The Morgan fingerprint density at radius 1 is 0.909 bits per heavy atom. The van der Waals surface area contributed by atoms with Gasteiger partial charge in [0.1, 0.15) is 11.6 Å². The van der Waals surface area contributed by atoms with E-state index in [-0.39, 0.29) is 34.7 Å². The second kappa shape index (κ2) is 10.1. The van der Waals surface area contributed by atoms with Crippen LogP contribution in [0.3, 0.4) is 0 Å². The standard InChI is InChI=1S/C34H27BrClFN2O5/c1-16-13-17(3-12-27(16)40)29-21-9-10-22-28(32(43)38(30(22)41)19-6-4-18(35)5-7-19)23(21)15-24-31(42)39(33(44)34(24,29)2)20-8-11-26(37)25(36)14-20/h3-9,11-14,22-24,28-29,40H,10,15H2,1-2H3/t22-,23+,24-,28-,29-,34+/m0/s1. The number of hydrogen-bond acceptors (Lipinski definition) is 5. The molecule has 2 saturated heterocycles. The summed E-state index contributed by atoms with van der Waals surface area (Å²) >= 11 is 9.46. The molecule has 0 spiro atoms. The number of phenolic OH excluding ortho intramolecular Hbond substituents is 1. The van der Waals surface area contributed by atoms with Gasteiger partial charge in [0.25, 0.3) is 0 Å². The van der Waals surface area contributed by atoms with Gasteiger partial charge in [-0.1, -0.05) is 51.3 Å². The largest absolute Gasteiger partial charge is 0.508 e. The molecule has 0 bridgehead atoms. The number of rotatable bonds is 3. The zero-order chi connectivity index (χ0) is 31.2. The van der Waals surface area contributed by atoms with Crippen molar-refractivity contribution in [2.45, 2.75) is 32.6 Å². The maximum atomic E-state index is 14.4. The second-order valence-electron chi connectivity index (χ2n) is 12.3. The molecule has 224 valence electrons. The summed E-state index contributed by atoms with van der Waals surface area (Å²) in [5.41, 5.74) is 1.57. The molecule has 3 aromatic carbocycles. The first kappa shape index (κ1) is 28.9. The number of nitrogens with zero attached hydrogens (tertiary/aromatic N) is 2. The van der Waals surface area contributed by atoms with Crippen LogP contribution in [-0.4, -0.2) is 28.7 Å². The van der Waals surface area contributed by atoms with Crippen LogP contribution in [0.2, 0.25) is 5.02 Å². The van der Waals surface area contributed by atoms with E-state index in [0.29, 0.717) is 17.7 Å². The maximum Gasteiger partial charge on any atom is 0.241 e. The number of phenols is 1. The predicted octanol–water partition coefficient (Wildman–Crippen LogP) is 6.69. The lowest BCUT2D eigenvalue weighted by atomic mass is 9.51. The fourth-order valence-electron chi connectivity index (χ4n) is 7.97. The Hall–Kier alpha value is -3.82. The topological polar surface area (TPSA) is 95.0 Å². The van der Waals surface area contributed by atoms with Crippen molar-refractivity contribution in [3.05, 3.63) is 98.8 Å². The highest BCUT2D eigenvalue weighted by atomic mass is 79.9. The monoisotopic (exact) mass is 676 g/mol. The summed E-state index contributed by atoms with van der Waals surface area (Å²) < 4.78 is 14.9. The van der Waals surface area contributed by atoms with Crippen molar-refractivity contribution in [3.8, 4) is 5.75 Å². The van der Waals surface area contributed by atoms with Gasteiger partial charge in [0, 0.05) is 10.4 Å². The van der Waals surface area contributed by atoms with Gasteiger partial charge in [-0.05, 0) is 92.3 Å². The lowest BCUT2D eigenvalue weighted by Gasteiger charge is -2.49. The van der Waals surface area contributed by atoms with E-state index < -0.39 is 52.6 Å². The summed E-state index contributed by atoms with van der Waals surface area (Å²) in [6, 6.07) is 15.9. The number of halogens is 3. The highest BCUT2D eigenvalue weighted by Gasteiger charge is 2.67. The van der Waals surface area contributed by atoms with Crippen molar-refractivity contribution >= 4 is 62.5 Å². The molecule has 1 saturated carbocycles. The van der Waals surface area contributed by atoms with E-state index in [1.165, 1.54) is 17.0 Å². The van der Waals surface area contributed by atoms with Crippen molar-refractivity contribution in [2.75, 3.05) is 9.80 Å². The Bertz CT molecular complexity index is 1830. The number of aryl methyl sites for hydroxylation is 1. The molecule has 0 radical (unpaired) electrons. The van der Waals surface area contributed by atoms with E-state index in [1.807, 2.05) is 12.1 Å². The van der Waals surface area contributed by atoms with E-state index in [1.54, 1.807) is 50.2 Å². The second-order valence-corrected chi connectivity index (χ2v) is 13.6. The van der Waals surface area contributed by atoms with Crippen molar-refractivity contribution in [2.24, 2.45) is 29.1 Å². The normalized spacial score (nSPS) is 29.5. The fourth-order valence-corrected chi connectivity index (χ4v) is 8.41. The summed E-state index contributed by atoms with van der Waals surface area (Å²) in [6.07, 6.45) is 2.49. The Morgan fingerprint density at radius 2 is 1.61 bits per heavy atom. The zero-order valence-corrected chi connectivity index (χ0v) is 26.1. The van der Waals surface area contributed by atoms with Crippen LogP contribution in [0.25, 0.3) is 0 Å². The molecule has 7 rings (SSSR count). The van der Waals surface area contributed by atoms with Gasteiger partial charge in [-0.25, -0.2) is 9.29 Å². The third-order valence-electron chi connectivity index (χ3n) is 10.1.